The van der Waals surface area contributed by atoms with Crippen molar-refractivity contribution in [3.05, 3.63) is 22.7 Å². The molecule has 0 aliphatic carbocycles. The molecule has 0 saturated heterocycles. The summed E-state index contributed by atoms with van der Waals surface area (Å²) in [5.41, 5.74) is 2.33. The van der Waals surface area contributed by atoms with E-state index in [-0.39, 0.29) is 9.70 Å². The maximum absolute atomic E-state index is 6.14. The molecule has 1 unspecified atom stereocenters. The fourth-order valence-electron chi connectivity index (χ4n) is 0.875. The number of hydrogen-bond donors (Lipinski definition) is 0. The molecule has 0 amide bonds. The van der Waals surface area contributed by atoms with Crippen LogP contribution in [0.3, 0.4) is 0 Å². The van der Waals surface area contributed by atoms with Gasteiger partial charge in [0.1, 0.15) is 0 Å². The van der Waals surface area contributed by atoms with Gasteiger partial charge in [0.05, 0.1) is 4.87 Å². The van der Waals surface area contributed by atoms with E-state index in [4.69, 9.17) is 34.8 Å². The topological polar surface area (TPSA) is 0 Å². The molecule has 4 heteroatoms. The van der Waals surface area contributed by atoms with Gasteiger partial charge in [-0.25, -0.2) is 0 Å². The second-order valence-electron chi connectivity index (χ2n) is 3.61. The van der Waals surface area contributed by atoms with Crippen molar-refractivity contribution in [2.75, 3.05) is 0 Å². The first-order valence-corrected chi connectivity index (χ1v) is 6.37. The fourth-order valence-corrected chi connectivity index (χ4v) is 1.66. The number of alkyl halides is 2. The fraction of sp³-hybridized carbons (Fsp3) is 0.600. The monoisotopic (exact) mass is 318 g/mol. The summed E-state index contributed by atoms with van der Waals surface area (Å²) in [4.78, 5) is -0.0512. The molecule has 0 nitrogen and oxygen atoms in total. The molecule has 0 radical (unpaired) electrons. The van der Waals surface area contributed by atoms with E-state index in [1.807, 2.05) is 13.8 Å². The van der Waals surface area contributed by atoms with Crippen LogP contribution < -0.4 is 0 Å². The average Bonchev–Trinajstić information content (AvgIpc) is 2.02. The summed E-state index contributed by atoms with van der Waals surface area (Å²) < 4.78 is 0. The zero-order valence-electron chi connectivity index (χ0n) is 8.29. The van der Waals surface area contributed by atoms with Crippen molar-refractivity contribution >= 4 is 50.7 Å². The lowest BCUT2D eigenvalue weighted by molar-refractivity contribution is 0.618. The Morgan fingerprint density at radius 3 is 2.36 bits per heavy atom. The lowest BCUT2D eigenvalue weighted by atomic mass is 10.0. The van der Waals surface area contributed by atoms with Crippen LogP contribution in [0, 0.1) is 0 Å². The molecule has 0 bridgehead atoms. The van der Waals surface area contributed by atoms with E-state index in [0.29, 0.717) is 5.03 Å². The Labute approximate surface area is 109 Å². The van der Waals surface area contributed by atoms with Crippen LogP contribution in [0.15, 0.2) is 22.7 Å². The van der Waals surface area contributed by atoms with Crippen LogP contribution in [0.4, 0.5) is 0 Å². The molecule has 0 N–H and O–H groups in total. The molecule has 0 aromatic rings. The summed E-state index contributed by atoms with van der Waals surface area (Å²) >= 11 is 21.0. The highest BCUT2D eigenvalue weighted by molar-refractivity contribution is 9.09. The van der Waals surface area contributed by atoms with Crippen LogP contribution in [0.5, 0.6) is 0 Å². The van der Waals surface area contributed by atoms with Crippen molar-refractivity contribution in [2.24, 2.45) is 0 Å². The van der Waals surface area contributed by atoms with Crippen LogP contribution in [0.25, 0.3) is 0 Å². The molecule has 82 valence electrons. The van der Waals surface area contributed by atoms with Crippen molar-refractivity contribution in [1.82, 2.24) is 0 Å². The minimum atomic E-state index is -0.273. The van der Waals surface area contributed by atoms with Gasteiger partial charge in [-0.15, -0.1) is 11.6 Å². The Hall–Kier alpha value is 0.830. The molecule has 0 fully saturated rings. The minimum absolute atomic E-state index is 0.222. The molecule has 0 saturated carbocycles. The third-order valence-electron chi connectivity index (χ3n) is 1.89. The van der Waals surface area contributed by atoms with Crippen LogP contribution in [0.2, 0.25) is 0 Å². The third kappa shape index (κ3) is 5.65. The van der Waals surface area contributed by atoms with Gasteiger partial charge in [-0.1, -0.05) is 45.7 Å². The Morgan fingerprint density at radius 1 is 1.57 bits per heavy atom. The zero-order chi connectivity index (χ0) is 11.4. The van der Waals surface area contributed by atoms with E-state index < -0.39 is 0 Å². The Balaban J connectivity index is 4.13. The summed E-state index contributed by atoms with van der Waals surface area (Å²) in [6.45, 7) is 7.56. The standard InChI is InChI=1S/C10H14BrCl3/c1-7(13)8(6-12)4-5-9(11)10(2,3)14/h6,9H,1,4-5H2,2-3H3/b8-6+. The normalized spacial score (nSPS) is 15.4. The first-order chi connectivity index (χ1) is 6.29. The highest BCUT2D eigenvalue weighted by Crippen LogP contribution is 2.31. The largest absolute Gasteiger partial charge is 0.119 e. The van der Waals surface area contributed by atoms with Gasteiger partial charge in [0.25, 0.3) is 0 Å². The molecule has 0 aliphatic rings. The van der Waals surface area contributed by atoms with Gasteiger partial charge in [0.2, 0.25) is 0 Å². The van der Waals surface area contributed by atoms with Gasteiger partial charge in [0, 0.05) is 15.4 Å². The second-order valence-corrected chi connectivity index (χ2v) is 6.36. The predicted molar refractivity (Wildman–Crippen MR) is 70.8 cm³/mol. The lowest BCUT2D eigenvalue weighted by Crippen LogP contribution is -2.24. The Bertz CT molecular complexity index is 228. The second kappa shape index (κ2) is 6.42. The van der Waals surface area contributed by atoms with Crippen molar-refractivity contribution in [2.45, 2.75) is 36.4 Å². The van der Waals surface area contributed by atoms with E-state index >= 15 is 0 Å². The van der Waals surface area contributed by atoms with Gasteiger partial charge in [-0.3, -0.25) is 0 Å². The third-order valence-corrected chi connectivity index (χ3v) is 4.53. The molecular formula is C10H14BrCl3. The zero-order valence-corrected chi connectivity index (χ0v) is 12.1. The molecular weight excluding hydrogens is 306 g/mol. The maximum atomic E-state index is 6.14. The van der Waals surface area contributed by atoms with E-state index in [9.17, 15) is 0 Å². The predicted octanol–water partition coefficient (Wildman–Crippen LogP) is 5.42. The van der Waals surface area contributed by atoms with Crippen molar-refractivity contribution < 1.29 is 0 Å². The number of halogens is 4. The number of allylic oxidation sites excluding steroid dienone is 2. The first kappa shape index (κ1) is 14.8. The molecule has 0 rings (SSSR count). The van der Waals surface area contributed by atoms with E-state index in [0.717, 1.165) is 18.4 Å². The highest BCUT2D eigenvalue weighted by Gasteiger charge is 2.24. The van der Waals surface area contributed by atoms with Gasteiger partial charge in [-0.05, 0) is 32.3 Å². The van der Waals surface area contributed by atoms with Crippen LogP contribution in [0.1, 0.15) is 26.7 Å². The molecule has 0 aromatic heterocycles. The van der Waals surface area contributed by atoms with Gasteiger partial charge in [-0.2, -0.15) is 0 Å². The molecule has 0 spiro atoms. The summed E-state index contributed by atoms with van der Waals surface area (Å²) in [5.74, 6) is 0. The summed E-state index contributed by atoms with van der Waals surface area (Å²) in [5, 5.41) is 0.493. The van der Waals surface area contributed by atoms with E-state index in [2.05, 4.69) is 22.5 Å². The van der Waals surface area contributed by atoms with Crippen molar-refractivity contribution in [3.8, 4) is 0 Å². The molecule has 0 aliphatic heterocycles. The maximum Gasteiger partial charge on any atom is 0.0515 e. The van der Waals surface area contributed by atoms with Gasteiger partial charge >= 0.3 is 0 Å². The Morgan fingerprint density at radius 2 is 2.07 bits per heavy atom. The summed E-state index contributed by atoms with van der Waals surface area (Å²) in [6, 6.07) is 0. The smallest absolute Gasteiger partial charge is 0.0515 e. The quantitative estimate of drug-likeness (QED) is 0.468. The van der Waals surface area contributed by atoms with Crippen LogP contribution in [-0.2, 0) is 0 Å². The SMILES string of the molecule is C=C(Cl)/C(=C/Cl)CCC(Br)C(C)(C)Cl. The number of rotatable bonds is 5. The van der Waals surface area contributed by atoms with Crippen LogP contribution >= 0.6 is 50.7 Å². The average molecular weight is 320 g/mol. The number of hydrogen-bond acceptors (Lipinski definition) is 0. The minimum Gasteiger partial charge on any atom is -0.119 e. The van der Waals surface area contributed by atoms with Gasteiger partial charge < -0.3 is 0 Å². The summed E-state index contributed by atoms with van der Waals surface area (Å²) in [6.07, 6.45) is 1.65. The van der Waals surface area contributed by atoms with E-state index in [1.54, 1.807) is 0 Å². The molecule has 0 aromatic carbocycles. The molecule has 0 heterocycles. The van der Waals surface area contributed by atoms with Crippen molar-refractivity contribution in [3.63, 3.8) is 0 Å². The van der Waals surface area contributed by atoms with Crippen molar-refractivity contribution in [1.29, 1.82) is 0 Å². The Kier molecular flexibility index (Phi) is 6.80. The lowest BCUT2D eigenvalue weighted by Gasteiger charge is -2.23. The molecule has 1 atom stereocenters. The molecule has 14 heavy (non-hydrogen) atoms. The first-order valence-electron chi connectivity index (χ1n) is 4.26. The summed E-state index contributed by atoms with van der Waals surface area (Å²) in [7, 11) is 0. The van der Waals surface area contributed by atoms with Gasteiger partial charge in [0.15, 0.2) is 0 Å². The van der Waals surface area contributed by atoms with Crippen LogP contribution in [-0.4, -0.2) is 9.70 Å². The highest BCUT2D eigenvalue weighted by atomic mass is 79.9. The van der Waals surface area contributed by atoms with E-state index in [1.165, 1.54) is 5.54 Å².